The molecule has 2 rings (SSSR count). The molecule has 1 aromatic carbocycles. The molecule has 0 radical (unpaired) electrons. The first-order valence-electron chi connectivity index (χ1n) is 5.69. The lowest BCUT2D eigenvalue weighted by molar-refractivity contribution is -0.132. The molecule has 4 heteroatoms. The van der Waals surface area contributed by atoms with Crippen LogP contribution in [0.4, 0.5) is 4.39 Å². The minimum absolute atomic E-state index is 0.0223. The van der Waals surface area contributed by atoms with E-state index in [9.17, 15) is 9.18 Å². The molecule has 1 heterocycles. The van der Waals surface area contributed by atoms with Gasteiger partial charge in [-0.15, -0.1) is 0 Å². The molecule has 1 aliphatic rings. The van der Waals surface area contributed by atoms with Gasteiger partial charge in [0.25, 0.3) is 0 Å². The number of carbonyl (C=O) groups excluding carboxylic acids is 1. The first-order valence-corrected chi connectivity index (χ1v) is 5.69. The summed E-state index contributed by atoms with van der Waals surface area (Å²) < 4.78 is 13.0. The van der Waals surface area contributed by atoms with E-state index < -0.39 is 5.54 Å². The summed E-state index contributed by atoms with van der Waals surface area (Å²) in [4.78, 5) is 13.7. The summed E-state index contributed by atoms with van der Waals surface area (Å²) in [6, 6.07) is 4.67. The van der Waals surface area contributed by atoms with Gasteiger partial charge in [-0.3, -0.25) is 4.79 Å². The number of carbonyl (C=O) groups is 1. The van der Waals surface area contributed by atoms with Crippen molar-refractivity contribution in [2.45, 2.75) is 38.9 Å². The van der Waals surface area contributed by atoms with E-state index in [2.05, 4.69) is 0 Å². The first-order chi connectivity index (χ1) is 7.85. The Kier molecular flexibility index (Phi) is 2.91. The predicted octanol–water partition coefficient (Wildman–Crippen LogP) is 1.80. The number of rotatable bonds is 2. The van der Waals surface area contributed by atoms with Gasteiger partial charge in [0.1, 0.15) is 5.82 Å². The lowest BCUT2D eigenvalue weighted by Crippen LogP contribution is -2.39. The average molecular weight is 236 g/mol. The van der Waals surface area contributed by atoms with Crippen molar-refractivity contribution in [1.82, 2.24) is 4.90 Å². The smallest absolute Gasteiger partial charge is 0.224 e. The molecule has 17 heavy (non-hydrogen) atoms. The molecule has 0 aromatic heterocycles. The van der Waals surface area contributed by atoms with Crippen LogP contribution in [0.3, 0.4) is 0 Å². The maximum atomic E-state index is 13.0. The molecule has 1 aliphatic heterocycles. The minimum Gasteiger partial charge on any atom is -0.334 e. The van der Waals surface area contributed by atoms with Crippen molar-refractivity contribution >= 4 is 5.91 Å². The Balaban J connectivity index is 2.07. The van der Waals surface area contributed by atoms with E-state index in [1.165, 1.54) is 12.1 Å². The first kappa shape index (κ1) is 12.0. The second kappa shape index (κ2) is 4.11. The average Bonchev–Trinajstić information content (AvgIpc) is 2.57. The maximum Gasteiger partial charge on any atom is 0.224 e. The van der Waals surface area contributed by atoms with Crippen molar-refractivity contribution in [1.29, 1.82) is 0 Å². The summed E-state index contributed by atoms with van der Waals surface area (Å²) in [6.07, 6.45) is 0.309. The highest BCUT2D eigenvalue weighted by atomic mass is 19.1. The summed E-state index contributed by atoms with van der Waals surface area (Å²) in [7, 11) is 0. The van der Waals surface area contributed by atoms with Crippen LogP contribution in [0, 0.1) is 5.82 Å². The van der Waals surface area contributed by atoms with Crippen LogP contribution >= 0.6 is 0 Å². The van der Waals surface area contributed by atoms with Gasteiger partial charge in [0.05, 0.1) is 0 Å². The monoisotopic (exact) mass is 236 g/mol. The molecule has 0 aliphatic carbocycles. The van der Waals surface area contributed by atoms with Crippen molar-refractivity contribution in [3.63, 3.8) is 0 Å². The van der Waals surface area contributed by atoms with E-state index >= 15 is 0 Å². The SMILES string of the molecule is CC(C)(N)CC(=O)N1Cc2ccc(F)cc2C1. The molecule has 0 atom stereocenters. The molecule has 3 nitrogen and oxygen atoms in total. The molecular weight excluding hydrogens is 219 g/mol. The van der Waals surface area contributed by atoms with Crippen LogP contribution in [0.1, 0.15) is 31.4 Å². The molecule has 1 aromatic rings. The third kappa shape index (κ3) is 2.82. The van der Waals surface area contributed by atoms with Crippen molar-refractivity contribution in [2.24, 2.45) is 5.73 Å². The van der Waals surface area contributed by atoms with Gasteiger partial charge in [0.15, 0.2) is 0 Å². The molecule has 92 valence electrons. The maximum absolute atomic E-state index is 13.0. The fourth-order valence-electron chi connectivity index (χ4n) is 2.04. The Labute approximate surface area is 100 Å². The molecule has 0 fully saturated rings. The zero-order valence-electron chi connectivity index (χ0n) is 10.2. The number of hydrogen-bond acceptors (Lipinski definition) is 2. The summed E-state index contributed by atoms with van der Waals surface area (Å²) in [5.74, 6) is -0.230. The summed E-state index contributed by atoms with van der Waals surface area (Å²) in [6.45, 7) is 4.70. The Morgan fingerprint density at radius 1 is 1.41 bits per heavy atom. The highest BCUT2D eigenvalue weighted by Crippen LogP contribution is 2.24. The van der Waals surface area contributed by atoms with E-state index in [-0.39, 0.29) is 11.7 Å². The Hall–Kier alpha value is -1.42. The van der Waals surface area contributed by atoms with Crippen molar-refractivity contribution in [2.75, 3.05) is 0 Å². The molecule has 2 N–H and O–H groups in total. The second-order valence-electron chi connectivity index (χ2n) is 5.33. The second-order valence-corrected chi connectivity index (χ2v) is 5.33. The highest BCUT2D eigenvalue weighted by Gasteiger charge is 2.26. The number of hydrogen-bond donors (Lipinski definition) is 1. The molecular formula is C13H17FN2O. The zero-order chi connectivity index (χ0) is 12.6. The fourth-order valence-corrected chi connectivity index (χ4v) is 2.04. The molecule has 0 saturated carbocycles. The van der Waals surface area contributed by atoms with Gasteiger partial charge in [0.2, 0.25) is 5.91 Å². The standard InChI is InChI=1S/C13H17FN2O/c1-13(2,15)6-12(17)16-7-9-3-4-11(14)5-10(9)8-16/h3-5H,6-8,15H2,1-2H3. The van der Waals surface area contributed by atoms with Gasteiger partial charge in [-0.05, 0) is 37.1 Å². The largest absolute Gasteiger partial charge is 0.334 e. The Morgan fingerprint density at radius 2 is 2.06 bits per heavy atom. The fraction of sp³-hybridized carbons (Fsp3) is 0.462. The van der Waals surface area contributed by atoms with Crippen LogP contribution in [0.5, 0.6) is 0 Å². The van der Waals surface area contributed by atoms with Crippen LogP contribution < -0.4 is 5.73 Å². The van der Waals surface area contributed by atoms with Crippen LogP contribution in [0.15, 0.2) is 18.2 Å². The Morgan fingerprint density at radius 3 is 2.71 bits per heavy atom. The quantitative estimate of drug-likeness (QED) is 0.851. The number of fused-ring (bicyclic) bond motifs is 1. The van der Waals surface area contributed by atoms with Gasteiger partial charge >= 0.3 is 0 Å². The van der Waals surface area contributed by atoms with E-state index in [0.717, 1.165) is 11.1 Å². The van der Waals surface area contributed by atoms with Crippen LogP contribution in [-0.2, 0) is 17.9 Å². The summed E-state index contributed by atoms with van der Waals surface area (Å²) >= 11 is 0. The number of nitrogens with two attached hydrogens (primary N) is 1. The predicted molar refractivity (Wildman–Crippen MR) is 63.5 cm³/mol. The molecule has 0 bridgehead atoms. The van der Waals surface area contributed by atoms with E-state index in [1.807, 2.05) is 13.8 Å². The highest BCUT2D eigenvalue weighted by molar-refractivity contribution is 5.78. The van der Waals surface area contributed by atoms with Gasteiger partial charge in [-0.25, -0.2) is 4.39 Å². The molecule has 0 spiro atoms. The van der Waals surface area contributed by atoms with Crippen LogP contribution in [0.25, 0.3) is 0 Å². The summed E-state index contributed by atoms with van der Waals surface area (Å²) in [5, 5.41) is 0. The minimum atomic E-state index is -0.503. The van der Waals surface area contributed by atoms with Gasteiger partial charge < -0.3 is 10.6 Å². The van der Waals surface area contributed by atoms with Gasteiger partial charge in [0, 0.05) is 25.0 Å². The number of halogens is 1. The van der Waals surface area contributed by atoms with E-state index in [1.54, 1.807) is 11.0 Å². The third-order valence-electron chi connectivity index (χ3n) is 2.85. The van der Waals surface area contributed by atoms with Crippen molar-refractivity contribution < 1.29 is 9.18 Å². The normalized spacial score (nSPS) is 14.9. The van der Waals surface area contributed by atoms with Crippen LogP contribution in [0.2, 0.25) is 0 Å². The van der Waals surface area contributed by atoms with Gasteiger partial charge in [-0.1, -0.05) is 6.07 Å². The Bertz CT molecular complexity index is 451. The van der Waals surface area contributed by atoms with E-state index in [0.29, 0.717) is 19.5 Å². The topological polar surface area (TPSA) is 46.3 Å². The van der Waals surface area contributed by atoms with E-state index in [4.69, 9.17) is 5.73 Å². The van der Waals surface area contributed by atoms with Gasteiger partial charge in [-0.2, -0.15) is 0 Å². The van der Waals surface area contributed by atoms with Crippen molar-refractivity contribution in [3.05, 3.63) is 35.1 Å². The number of nitrogens with zero attached hydrogens (tertiary/aromatic N) is 1. The number of benzene rings is 1. The molecule has 1 amide bonds. The lowest BCUT2D eigenvalue weighted by Gasteiger charge is -2.22. The van der Waals surface area contributed by atoms with Crippen LogP contribution in [-0.4, -0.2) is 16.3 Å². The van der Waals surface area contributed by atoms with Crippen molar-refractivity contribution in [3.8, 4) is 0 Å². The molecule has 0 saturated heterocycles. The number of amides is 1. The zero-order valence-corrected chi connectivity index (χ0v) is 10.2. The third-order valence-corrected chi connectivity index (χ3v) is 2.85. The lowest BCUT2D eigenvalue weighted by atomic mass is 10.0. The molecule has 0 unspecified atom stereocenters. The summed E-state index contributed by atoms with van der Waals surface area (Å²) in [5.41, 5.74) is 7.24.